The summed E-state index contributed by atoms with van der Waals surface area (Å²) < 4.78 is 0. The number of nitrogens with zero attached hydrogens (tertiary/aromatic N) is 2. The fourth-order valence-electron chi connectivity index (χ4n) is 3.70. The normalized spacial score (nSPS) is 26.4. The first-order valence-corrected chi connectivity index (χ1v) is 7.39. The second kappa shape index (κ2) is 5.50. The van der Waals surface area contributed by atoms with Gasteiger partial charge in [0.05, 0.1) is 4.92 Å². The topological polar surface area (TPSA) is 58.4 Å². The third kappa shape index (κ3) is 2.31. The van der Waals surface area contributed by atoms with Crippen LogP contribution in [-0.4, -0.2) is 36.0 Å². The lowest BCUT2D eigenvalue weighted by molar-refractivity contribution is -0.385. The maximum absolute atomic E-state index is 11.0. The van der Waals surface area contributed by atoms with Gasteiger partial charge >= 0.3 is 0 Å². The van der Waals surface area contributed by atoms with Crippen molar-refractivity contribution >= 4 is 5.69 Å². The number of likely N-dealkylation sites (tertiary alicyclic amines) is 1. The van der Waals surface area contributed by atoms with Crippen LogP contribution in [0.4, 0.5) is 5.69 Å². The van der Waals surface area contributed by atoms with Crippen molar-refractivity contribution in [3.8, 4) is 0 Å². The van der Waals surface area contributed by atoms with Crippen molar-refractivity contribution in [3.63, 3.8) is 0 Å². The van der Waals surface area contributed by atoms with Crippen LogP contribution in [0.3, 0.4) is 0 Å². The predicted octanol–water partition coefficient (Wildman–Crippen LogP) is 2.27. The molecule has 1 aromatic rings. The van der Waals surface area contributed by atoms with Gasteiger partial charge < -0.3 is 5.32 Å². The highest BCUT2D eigenvalue weighted by molar-refractivity contribution is 5.43. The SMILES string of the molecule is CNC1c2cc([N+](=O)[O-])ccc2CCC1N1CCCC1. The van der Waals surface area contributed by atoms with E-state index in [-0.39, 0.29) is 16.7 Å². The lowest BCUT2D eigenvalue weighted by atomic mass is 9.83. The summed E-state index contributed by atoms with van der Waals surface area (Å²) in [4.78, 5) is 13.2. The number of non-ortho nitro benzene ring substituents is 1. The molecule has 0 bridgehead atoms. The Morgan fingerprint density at radius 2 is 2.10 bits per heavy atom. The van der Waals surface area contributed by atoms with Gasteiger partial charge in [0.25, 0.3) is 5.69 Å². The number of nitrogens with one attached hydrogen (secondary N) is 1. The highest BCUT2D eigenvalue weighted by Crippen LogP contribution is 2.36. The lowest BCUT2D eigenvalue weighted by Crippen LogP contribution is -2.45. The molecule has 1 fully saturated rings. The molecule has 3 rings (SSSR count). The highest BCUT2D eigenvalue weighted by atomic mass is 16.6. The number of nitro groups is 1. The largest absolute Gasteiger partial charge is 0.312 e. The molecule has 2 atom stereocenters. The van der Waals surface area contributed by atoms with Gasteiger partial charge in [0, 0.05) is 24.2 Å². The molecule has 0 spiro atoms. The molecular weight excluding hydrogens is 254 g/mol. The molecule has 1 aromatic carbocycles. The van der Waals surface area contributed by atoms with Gasteiger partial charge in [0.15, 0.2) is 0 Å². The van der Waals surface area contributed by atoms with E-state index in [2.05, 4.69) is 10.2 Å². The number of hydrogen-bond acceptors (Lipinski definition) is 4. The Bertz CT molecular complexity index is 512. The number of nitro benzene ring substituents is 1. The van der Waals surface area contributed by atoms with E-state index in [4.69, 9.17) is 0 Å². The first-order valence-electron chi connectivity index (χ1n) is 7.39. The second-order valence-corrected chi connectivity index (χ2v) is 5.76. The number of fused-ring (bicyclic) bond motifs is 1. The van der Waals surface area contributed by atoms with Crippen LogP contribution in [0.1, 0.15) is 36.4 Å². The zero-order valence-corrected chi connectivity index (χ0v) is 11.8. The van der Waals surface area contributed by atoms with Crippen molar-refractivity contribution in [3.05, 3.63) is 39.4 Å². The van der Waals surface area contributed by atoms with Gasteiger partial charge in [-0.25, -0.2) is 0 Å². The summed E-state index contributed by atoms with van der Waals surface area (Å²) >= 11 is 0. The molecular formula is C15H21N3O2. The van der Waals surface area contributed by atoms with Gasteiger partial charge in [-0.1, -0.05) is 6.07 Å². The molecule has 2 unspecified atom stereocenters. The van der Waals surface area contributed by atoms with Crippen molar-refractivity contribution in [1.82, 2.24) is 10.2 Å². The van der Waals surface area contributed by atoms with Gasteiger partial charge in [-0.05, 0) is 56.9 Å². The Balaban J connectivity index is 1.94. The Labute approximate surface area is 119 Å². The van der Waals surface area contributed by atoms with Gasteiger partial charge in [-0.3, -0.25) is 15.0 Å². The van der Waals surface area contributed by atoms with Crippen LogP contribution in [0.2, 0.25) is 0 Å². The maximum atomic E-state index is 11.0. The molecule has 0 saturated carbocycles. The second-order valence-electron chi connectivity index (χ2n) is 5.76. The molecule has 0 radical (unpaired) electrons. The Morgan fingerprint density at radius 3 is 2.75 bits per heavy atom. The number of aryl methyl sites for hydroxylation is 1. The van der Waals surface area contributed by atoms with E-state index < -0.39 is 0 Å². The molecule has 1 heterocycles. The molecule has 5 nitrogen and oxygen atoms in total. The van der Waals surface area contributed by atoms with Crippen LogP contribution in [0, 0.1) is 10.1 Å². The number of rotatable bonds is 3. The minimum absolute atomic E-state index is 0.200. The summed E-state index contributed by atoms with van der Waals surface area (Å²) in [5.41, 5.74) is 2.57. The van der Waals surface area contributed by atoms with E-state index in [9.17, 15) is 10.1 Å². The Morgan fingerprint density at radius 1 is 1.35 bits per heavy atom. The number of likely N-dealkylation sites (N-methyl/N-ethyl adjacent to an activating group) is 1. The summed E-state index contributed by atoms with van der Waals surface area (Å²) in [5, 5.41) is 14.4. The quantitative estimate of drug-likeness (QED) is 0.679. The third-order valence-electron chi connectivity index (χ3n) is 4.69. The highest BCUT2D eigenvalue weighted by Gasteiger charge is 2.34. The summed E-state index contributed by atoms with van der Waals surface area (Å²) in [6, 6.07) is 5.99. The maximum Gasteiger partial charge on any atom is 0.269 e. The first kappa shape index (κ1) is 13.5. The summed E-state index contributed by atoms with van der Waals surface area (Å²) in [6.45, 7) is 2.32. The zero-order valence-electron chi connectivity index (χ0n) is 11.8. The molecule has 0 aromatic heterocycles. The van der Waals surface area contributed by atoms with Crippen molar-refractivity contribution in [1.29, 1.82) is 0 Å². The van der Waals surface area contributed by atoms with Crippen molar-refractivity contribution in [2.24, 2.45) is 0 Å². The van der Waals surface area contributed by atoms with Crippen LogP contribution in [-0.2, 0) is 6.42 Å². The molecule has 108 valence electrons. The van der Waals surface area contributed by atoms with Crippen molar-refractivity contribution < 1.29 is 4.92 Å². The molecule has 5 heteroatoms. The van der Waals surface area contributed by atoms with E-state index in [1.165, 1.54) is 18.4 Å². The Hall–Kier alpha value is -1.46. The molecule has 1 N–H and O–H groups in total. The van der Waals surface area contributed by atoms with Gasteiger partial charge in [-0.2, -0.15) is 0 Å². The van der Waals surface area contributed by atoms with Crippen molar-refractivity contribution in [2.45, 2.75) is 37.8 Å². The van der Waals surface area contributed by atoms with E-state index >= 15 is 0 Å². The average molecular weight is 275 g/mol. The van der Waals surface area contributed by atoms with Gasteiger partial charge in [-0.15, -0.1) is 0 Å². The molecule has 1 aliphatic carbocycles. The standard InChI is InChI=1S/C15H21N3O2/c1-16-15-13-10-12(18(19)20)6-4-11(13)5-7-14(15)17-8-2-3-9-17/h4,6,10,14-16H,2-3,5,7-9H2,1H3. The van der Waals surface area contributed by atoms with Gasteiger partial charge in [0.2, 0.25) is 0 Å². The zero-order chi connectivity index (χ0) is 14.1. The van der Waals surface area contributed by atoms with Gasteiger partial charge in [0.1, 0.15) is 0 Å². The molecule has 20 heavy (non-hydrogen) atoms. The molecule has 0 amide bonds. The predicted molar refractivity (Wildman–Crippen MR) is 77.8 cm³/mol. The number of hydrogen-bond donors (Lipinski definition) is 1. The van der Waals surface area contributed by atoms with Crippen molar-refractivity contribution in [2.75, 3.05) is 20.1 Å². The minimum Gasteiger partial charge on any atom is -0.312 e. The van der Waals surface area contributed by atoms with E-state index in [1.807, 2.05) is 13.1 Å². The fourth-order valence-corrected chi connectivity index (χ4v) is 3.70. The smallest absolute Gasteiger partial charge is 0.269 e. The fraction of sp³-hybridized carbons (Fsp3) is 0.600. The average Bonchev–Trinajstić information content (AvgIpc) is 2.99. The summed E-state index contributed by atoms with van der Waals surface area (Å²) in [7, 11) is 1.96. The van der Waals surface area contributed by atoms with Crippen LogP contribution in [0.5, 0.6) is 0 Å². The first-order chi connectivity index (χ1) is 9.70. The van der Waals surface area contributed by atoms with E-state index in [1.54, 1.807) is 12.1 Å². The van der Waals surface area contributed by atoms with E-state index in [0.717, 1.165) is 31.5 Å². The molecule has 2 aliphatic rings. The number of benzene rings is 1. The molecule has 1 aliphatic heterocycles. The van der Waals surface area contributed by atoms with Crippen LogP contribution < -0.4 is 5.32 Å². The third-order valence-corrected chi connectivity index (χ3v) is 4.69. The van der Waals surface area contributed by atoms with E-state index in [0.29, 0.717) is 6.04 Å². The summed E-state index contributed by atoms with van der Waals surface area (Å²) in [6.07, 6.45) is 4.70. The van der Waals surface area contributed by atoms with Crippen LogP contribution >= 0.6 is 0 Å². The lowest BCUT2D eigenvalue weighted by Gasteiger charge is -2.39. The monoisotopic (exact) mass is 275 g/mol. The Kier molecular flexibility index (Phi) is 3.72. The summed E-state index contributed by atoms with van der Waals surface area (Å²) in [5.74, 6) is 0. The molecule has 1 saturated heterocycles. The van der Waals surface area contributed by atoms with Crippen LogP contribution in [0.25, 0.3) is 0 Å². The minimum atomic E-state index is -0.299. The van der Waals surface area contributed by atoms with Crippen LogP contribution in [0.15, 0.2) is 18.2 Å².